The zero-order valence-electron chi connectivity index (χ0n) is 33.7. The van der Waals surface area contributed by atoms with E-state index in [0.717, 1.165) is 23.8 Å². The molecule has 11 N–H and O–H groups in total. The molecule has 2 aromatic carbocycles. The number of aliphatic hydroxyl groups is 1. The summed E-state index contributed by atoms with van der Waals surface area (Å²) in [5, 5.41) is 43.3. The highest BCUT2D eigenvalue weighted by molar-refractivity contribution is 8.00. The number of carbonyl (C=O) groups excluding carboxylic acids is 4. The number of hydrogen-bond acceptors (Lipinski definition) is 11. The van der Waals surface area contributed by atoms with Gasteiger partial charge < -0.3 is 57.3 Å². The molecule has 3 aromatic rings. The quantitative estimate of drug-likeness (QED) is 0.0640. The van der Waals surface area contributed by atoms with E-state index in [1.54, 1.807) is 16.8 Å². The summed E-state index contributed by atoms with van der Waals surface area (Å²) >= 11 is 0.663. The average molecular weight is 876 g/mol. The second kappa shape index (κ2) is 22.6. The Morgan fingerprint density at radius 3 is 2.15 bits per heavy atom. The molecule has 0 aliphatic rings. The van der Waals surface area contributed by atoms with Crippen molar-refractivity contribution in [1.82, 2.24) is 25.4 Å². The largest absolute Gasteiger partial charge is 0.481 e. The molecule has 21 heteroatoms. The molecule has 61 heavy (non-hydrogen) atoms. The lowest BCUT2D eigenvalue weighted by atomic mass is 9.82. The molecule has 0 aliphatic heterocycles. The number of hydrogen-bond donors (Lipinski definition) is 9. The second-order valence-electron chi connectivity index (χ2n) is 15.1. The molecule has 0 saturated heterocycles. The first-order valence-corrected chi connectivity index (χ1v) is 19.9. The fraction of sp³-hybridized carbons (Fsp3) is 0.425. The predicted molar refractivity (Wildman–Crippen MR) is 219 cm³/mol. The monoisotopic (exact) mass is 875 g/mol. The third-order valence-electron chi connectivity index (χ3n) is 9.24. The normalized spacial score (nSPS) is 13.8. The number of carboxylic acid groups (broad SMARTS) is 3. The minimum absolute atomic E-state index is 0.0209. The highest BCUT2D eigenvalue weighted by atomic mass is 32.2. The van der Waals surface area contributed by atoms with Gasteiger partial charge in [0.05, 0.1) is 30.3 Å². The van der Waals surface area contributed by atoms with Crippen LogP contribution in [-0.2, 0) is 40.1 Å². The molecule has 0 bridgehead atoms. The summed E-state index contributed by atoms with van der Waals surface area (Å²) in [5.74, 6) is -9.48. The second-order valence-corrected chi connectivity index (χ2v) is 16.3. The van der Waals surface area contributed by atoms with Gasteiger partial charge in [0.15, 0.2) is 0 Å². The number of nitrogens with two attached hydrogens (primary N) is 2. The molecule has 3 rings (SSSR count). The van der Waals surface area contributed by atoms with Gasteiger partial charge in [0.1, 0.15) is 30.3 Å². The first-order valence-electron chi connectivity index (χ1n) is 18.9. The van der Waals surface area contributed by atoms with Crippen LogP contribution in [0.15, 0.2) is 60.8 Å². The van der Waals surface area contributed by atoms with E-state index in [9.17, 15) is 48.2 Å². The van der Waals surface area contributed by atoms with Crippen molar-refractivity contribution in [1.29, 1.82) is 0 Å². The molecule has 332 valence electrons. The van der Waals surface area contributed by atoms with Gasteiger partial charge in [-0.05, 0) is 41.7 Å². The van der Waals surface area contributed by atoms with Crippen molar-refractivity contribution < 1.29 is 62.8 Å². The number of carboxylic acids is 3. The molecule has 0 aliphatic carbocycles. The van der Waals surface area contributed by atoms with Crippen LogP contribution in [0.5, 0.6) is 0 Å². The number of rotatable bonds is 23. The first-order chi connectivity index (χ1) is 28.6. The Kier molecular flexibility index (Phi) is 18.4. The van der Waals surface area contributed by atoms with E-state index >= 15 is 4.39 Å². The number of nitrogens with one attached hydrogen (secondary N) is 3. The van der Waals surface area contributed by atoms with E-state index in [0.29, 0.717) is 23.0 Å². The van der Waals surface area contributed by atoms with E-state index in [1.807, 2.05) is 51.1 Å². The molecule has 0 saturated carbocycles. The highest BCUT2D eigenvalue weighted by Crippen LogP contribution is 2.41. The lowest BCUT2D eigenvalue weighted by Crippen LogP contribution is -2.54. The number of nitrogens with zero attached hydrogens (tertiary/aromatic N) is 2. The highest BCUT2D eigenvalue weighted by Gasteiger charge is 2.38. The first kappa shape index (κ1) is 49.5. The lowest BCUT2D eigenvalue weighted by molar-refractivity contribution is -0.142. The lowest BCUT2D eigenvalue weighted by Gasteiger charge is -2.41. The SMILES string of the molecule is CC(C)(C)[C@H](c1cc(-c2cc(F)ccc2F)cn1Cc1ccccc1)N(CC[C@H](N)C(=O)N[C@H](CNC(=O)CNC(=O)C(CC(=O)O)SC[C@H](N)C(=O)O)C(=O)O)C(=O)CO. The van der Waals surface area contributed by atoms with Crippen LogP contribution in [0.4, 0.5) is 8.78 Å². The minimum Gasteiger partial charge on any atom is -0.481 e. The zero-order valence-corrected chi connectivity index (χ0v) is 34.5. The van der Waals surface area contributed by atoms with Crippen LogP contribution in [0.25, 0.3) is 11.1 Å². The molecular weight excluding hydrogens is 825 g/mol. The third-order valence-corrected chi connectivity index (χ3v) is 10.6. The van der Waals surface area contributed by atoms with Crippen LogP contribution in [0, 0.1) is 17.0 Å². The Labute approximate surface area is 354 Å². The molecule has 5 atom stereocenters. The van der Waals surface area contributed by atoms with E-state index in [-0.39, 0.29) is 30.8 Å². The van der Waals surface area contributed by atoms with Gasteiger partial charge in [-0.3, -0.25) is 28.8 Å². The van der Waals surface area contributed by atoms with Gasteiger partial charge in [-0.1, -0.05) is 51.1 Å². The molecule has 1 unspecified atom stereocenters. The molecule has 1 aromatic heterocycles. The number of benzene rings is 2. The maximum atomic E-state index is 15.1. The van der Waals surface area contributed by atoms with Crippen molar-refractivity contribution in [3.05, 3.63) is 83.7 Å². The number of carbonyl (C=O) groups is 7. The van der Waals surface area contributed by atoms with E-state index in [4.69, 9.17) is 21.7 Å². The van der Waals surface area contributed by atoms with E-state index < -0.39 is 114 Å². The molecule has 4 amide bonds. The Balaban J connectivity index is 1.76. The predicted octanol–water partition coefficient (Wildman–Crippen LogP) is 0.897. The van der Waals surface area contributed by atoms with Crippen molar-refractivity contribution in [2.45, 2.75) is 69.6 Å². The number of aliphatic hydroxyl groups excluding tert-OH is 1. The van der Waals surface area contributed by atoms with Crippen LogP contribution in [0.1, 0.15) is 50.9 Å². The van der Waals surface area contributed by atoms with Crippen molar-refractivity contribution in [3.8, 4) is 11.1 Å². The van der Waals surface area contributed by atoms with Crippen molar-refractivity contribution in [2.24, 2.45) is 16.9 Å². The summed E-state index contributed by atoms with van der Waals surface area (Å²) in [6.07, 6.45) is 0.683. The van der Waals surface area contributed by atoms with Crippen LogP contribution >= 0.6 is 11.8 Å². The van der Waals surface area contributed by atoms with Gasteiger partial charge in [0, 0.05) is 48.4 Å². The summed E-state index contributed by atoms with van der Waals surface area (Å²) in [4.78, 5) is 87.3. The van der Waals surface area contributed by atoms with Gasteiger partial charge >= 0.3 is 17.9 Å². The van der Waals surface area contributed by atoms with Gasteiger partial charge in [0.2, 0.25) is 23.6 Å². The van der Waals surface area contributed by atoms with E-state index in [1.165, 1.54) is 4.90 Å². The fourth-order valence-electron chi connectivity index (χ4n) is 6.23. The Morgan fingerprint density at radius 1 is 0.885 bits per heavy atom. The van der Waals surface area contributed by atoms with Gasteiger partial charge in [0.25, 0.3) is 0 Å². The molecule has 1 heterocycles. The van der Waals surface area contributed by atoms with E-state index in [2.05, 4.69) is 16.0 Å². The Bertz CT molecular complexity index is 2050. The maximum absolute atomic E-state index is 15.1. The Morgan fingerprint density at radius 2 is 1.56 bits per heavy atom. The maximum Gasteiger partial charge on any atom is 0.328 e. The smallest absolute Gasteiger partial charge is 0.328 e. The van der Waals surface area contributed by atoms with Crippen LogP contribution in [0.2, 0.25) is 0 Å². The average Bonchev–Trinajstić information content (AvgIpc) is 3.60. The van der Waals surface area contributed by atoms with Gasteiger partial charge in [-0.25, -0.2) is 13.6 Å². The summed E-state index contributed by atoms with van der Waals surface area (Å²) in [6.45, 7) is 3.18. The Hall–Kier alpha value is -5.90. The molecule has 0 radical (unpaired) electrons. The summed E-state index contributed by atoms with van der Waals surface area (Å²) in [6, 6.07) is 8.55. The zero-order chi connectivity index (χ0) is 45.6. The molecule has 0 fully saturated rings. The van der Waals surface area contributed by atoms with Crippen LogP contribution in [-0.4, -0.2) is 127 Å². The van der Waals surface area contributed by atoms with Crippen LogP contribution < -0.4 is 27.4 Å². The van der Waals surface area contributed by atoms with Crippen molar-refractivity contribution >= 4 is 53.3 Å². The summed E-state index contributed by atoms with van der Waals surface area (Å²) in [5.41, 5.74) is 12.5. The van der Waals surface area contributed by atoms with Gasteiger partial charge in [-0.15, -0.1) is 11.8 Å². The summed E-state index contributed by atoms with van der Waals surface area (Å²) < 4.78 is 31.2. The minimum atomic E-state index is -1.72. The standard InChI is InChI=1S/C40H51F2N7O11S/c1-40(2,3)35(30-13-23(25-14-24(41)9-10-26(25)42)19-48(30)18-22-7-5-4-6-8-22)49(33(52)20-50)12-11-27(43)36(55)47-29(39(59)60)16-45-32(51)17-46-37(56)31(15-34(53)54)61-21-28(44)38(57)58/h4-10,13-14,19,27-29,31,35,50H,11-12,15-18,20-21,43-44H2,1-3H3,(H,45,51)(H,46,56)(H,47,55)(H,53,54)(H,57,58)(H,59,60)/t27-,28-,29+,31?,35-/m0/s1. The van der Waals surface area contributed by atoms with Gasteiger partial charge in [-0.2, -0.15) is 0 Å². The number of aromatic nitrogens is 1. The number of thioether (sulfide) groups is 1. The number of aliphatic carboxylic acids is 3. The fourth-order valence-corrected chi connectivity index (χ4v) is 7.30. The summed E-state index contributed by atoms with van der Waals surface area (Å²) in [7, 11) is 0. The van der Waals surface area contributed by atoms with Crippen molar-refractivity contribution in [2.75, 3.05) is 32.0 Å². The number of amides is 4. The molecular formula is C40H51F2N7O11S. The molecule has 18 nitrogen and oxygen atoms in total. The molecule has 0 spiro atoms. The van der Waals surface area contributed by atoms with Crippen molar-refractivity contribution in [3.63, 3.8) is 0 Å². The third kappa shape index (κ3) is 15.0. The van der Waals surface area contributed by atoms with Crippen LogP contribution in [0.3, 0.4) is 0 Å². The topological polar surface area (TPSA) is 297 Å². The number of halogens is 2.